The summed E-state index contributed by atoms with van der Waals surface area (Å²) in [6.07, 6.45) is 6.75. The lowest BCUT2D eigenvalue weighted by Crippen LogP contribution is -2.37. The Bertz CT molecular complexity index is 716. The predicted octanol–water partition coefficient (Wildman–Crippen LogP) is 4.31. The molecule has 0 aliphatic heterocycles. The molecule has 0 saturated carbocycles. The summed E-state index contributed by atoms with van der Waals surface area (Å²) in [5, 5.41) is 3.25. The van der Waals surface area contributed by atoms with Crippen LogP contribution in [0.25, 0.3) is 0 Å². The van der Waals surface area contributed by atoms with Crippen molar-refractivity contribution in [3.05, 3.63) is 48.3 Å². The first kappa shape index (κ1) is 21.2. The number of nitrogens with zero attached hydrogens (tertiary/aromatic N) is 1. The highest BCUT2D eigenvalue weighted by molar-refractivity contribution is 7.98. The van der Waals surface area contributed by atoms with Crippen molar-refractivity contribution in [2.24, 2.45) is 5.92 Å². The van der Waals surface area contributed by atoms with Gasteiger partial charge in [0.2, 0.25) is 5.91 Å². The van der Waals surface area contributed by atoms with Gasteiger partial charge in [-0.15, -0.1) is 0 Å². The Labute approximate surface area is 166 Å². The molecule has 0 radical (unpaired) electrons. The third kappa shape index (κ3) is 5.45. The van der Waals surface area contributed by atoms with Gasteiger partial charge in [0.1, 0.15) is 6.04 Å². The number of methoxy groups -OCH3 is 2. The van der Waals surface area contributed by atoms with Crippen LogP contribution in [0.5, 0.6) is 11.5 Å². The van der Waals surface area contributed by atoms with E-state index in [0.717, 1.165) is 17.7 Å². The lowest BCUT2D eigenvalue weighted by Gasteiger charge is -2.27. The number of amides is 1. The Kier molecular flexibility index (Phi) is 8.10. The molecule has 0 unspecified atom stereocenters. The van der Waals surface area contributed by atoms with E-state index in [2.05, 4.69) is 25.4 Å². The minimum atomic E-state index is -0.214. The number of benzene rings is 1. The fraction of sp³-hybridized carbons (Fsp3) is 0.476. The largest absolute Gasteiger partial charge is 0.493 e. The molecular weight excluding hydrogens is 360 g/mol. The molecule has 0 aliphatic carbocycles. The maximum atomic E-state index is 13.1. The Morgan fingerprint density at radius 1 is 1.15 bits per heavy atom. The smallest absolute Gasteiger partial charge is 0.243 e. The van der Waals surface area contributed by atoms with E-state index < -0.39 is 0 Å². The van der Waals surface area contributed by atoms with Crippen LogP contribution in [0.2, 0.25) is 0 Å². The summed E-state index contributed by atoms with van der Waals surface area (Å²) in [5.74, 6) is 2.55. The van der Waals surface area contributed by atoms with Crippen LogP contribution in [-0.4, -0.2) is 36.7 Å². The summed E-state index contributed by atoms with van der Waals surface area (Å²) in [6.45, 7) is 4.21. The first-order chi connectivity index (χ1) is 13.0. The quantitative estimate of drug-likeness (QED) is 0.657. The molecule has 0 fully saturated rings. The molecule has 1 N–H and O–H groups in total. The van der Waals surface area contributed by atoms with Gasteiger partial charge in [-0.1, -0.05) is 19.9 Å². The molecule has 1 amide bonds. The van der Waals surface area contributed by atoms with Crippen LogP contribution < -0.4 is 14.8 Å². The molecule has 1 heterocycles. The Morgan fingerprint density at radius 2 is 1.81 bits per heavy atom. The van der Waals surface area contributed by atoms with Gasteiger partial charge in [-0.2, -0.15) is 11.8 Å². The van der Waals surface area contributed by atoms with E-state index in [1.165, 1.54) is 0 Å². The lowest BCUT2D eigenvalue weighted by molar-refractivity contribution is -0.125. The SMILES string of the molecule is COc1ccc([C@H](NC(=O)[C@@H](CCSC)n2cccc2)C(C)C)cc1OC. The Balaban J connectivity index is 2.25. The molecule has 2 atom stereocenters. The summed E-state index contributed by atoms with van der Waals surface area (Å²) in [6, 6.07) is 9.39. The third-order valence-corrected chi connectivity index (χ3v) is 5.26. The van der Waals surface area contributed by atoms with E-state index in [9.17, 15) is 4.79 Å². The number of aromatic nitrogens is 1. The highest BCUT2D eigenvalue weighted by atomic mass is 32.2. The maximum Gasteiger partial charge on any atom is 0.243 e. The van der Waals surface area contributed by atoms with E-state index in [0.29, 0.717) is 11.5 Å². The number of carbonyl (C=O) groups is 1. The van der Waals surface area contributed by atoms with E-state index >= 15 is 0 Å². The molecule has 0 aliphatic rings. The molecule has 0 spiro atoms. The van der Waals surface area contributed by atoms with Crippen molar-refractivity contribution in [2.45, 2.75) is 32.4 Å². The van der Waals surface area contributed by atoms with Gasteiger partial charge in [0.15, 0.2) is 11.5 Å². The standard InChI is InChI=1S/C21H30N2O3S/c1-15(2)20(16-8-9-18(25-3)19(14-16)26-4)22-21(24)17(10-13-27-5)23-11-6-7-12-23/h6-9,11-12,14-15,17,20H,10,13H2,1-5H3,(H,22,24)/t17-,20-/m1/s1. The molecule has 148 valence electrons. The number of thioether (sulfide) groups is 1. The Morgan fingerprint density at radius 3 is 2.37 bits per heavy atom. The topological polar surface area (TPSA) is 52.5 Å². The van der Waals surface area contributed by atoms with Crippen LogP contribution in [0.1, 0.15) is 37.9 Å². The normalized spacial score (nSPS) is 13.3. The van der Waals surface area contributed by atoms with Gasteiger partial charge in [0.25, 0.3) is 0 Å². The van der Waals surface area contributed by atoms with Gasteiger partial charge >= 0.3 is 0 Å². The number of hydrogen-bond donors (Lipinski definition) is 1. The van der Waals surface area contributed by atoms with Crippen molar-refractivity contribution in [1.29, 1.82) is 0 Å². The monoisotopic (exact) mass is 390 g/mol. The minimum absolute atomic E-state index is 0.0359. The number of ether oxygens (including phenoxy) is 2. The molecule has 0 bridgehead atoms. The summed E-state index contributed by atoms with van der Waals surface area (Å²) in [7, 11) is 3.24. The summed E-state index contributed by atoms with van der Waals surface area (Å²) >= 11 is 1.75. The second-order valence-electron chi connectivity index (χ2n) is 6.77. The number of rotatable bonds is 10. The van der Waals surface area contributed by atoms with Crippen molar-refractivity contribution in [3.63, 3.8) is 0 Å². The second kappa shape index (κ2) is 10.3. The zero-order valence-electron chi connectivity index (χ0n) is 16.8. The molecule has 5 nitrogen and oxygen atoms in total. The maximum absolute atomic E-state index is 13.1. The molecule has 2 aromatic rings. The summed E-state index contributed by atoms with van der Waals surface area (Å²) in [5.41, 5.74) is 1.01. The fourth-order valence-electron chi connectivity index (χ4n) is 3.13. The minimum Gasteiger partial charge on any atom is -0.493 e. The first-order valence-corrected chi connectivity index (χ1v) is 10.5. The van der Waals surface area contributed by atoms with Crippen molar-refractivity contribution in [2.75, 3.05) is 26.2 Å². The number of hydrogen-bond acceptors (Lipinski definition) is 4. The highest BCUT2D eigenvalue weighted by Crippen LogP contribution is 2.32. The molecule has 1 aromatic heterocycles. The molecule has 0 saturated heterocycles. The van der Waals surface area contributed by atoms with Crippen LogP contribution in [-0.2, 0) is 4.79 Å². The summed E-state index contributed by atoms with van der Waals surface area (Å²) in [4.78, 5) is 13.1. The van der Waals surface area contributed by atoms with Crippen LogP contribution >= 0.6 is 11.8 Å². The average Bonchev–Trinajstić information content (AvgIpc) is 3.20. The number of carbonyl (C=O) groups excluding carboxylic acids is 1. The zero-order valence-corrected chi connectivity index (χ0v) is 17.6. The van der Waals surface area contributed by atoms with E-state index in [1.807, 2.05) is 47.3 Å². The molecule has 1 aromatic carbocycles. The van der Waals surface area contributed by atoms with Crippen molar-refractivity contribution in [3.8, 4) is 11.5 Å². The van der Waals surface area contributed by atoms with Gasteiger partial charge in [-0.25, -0.2) is 0 Å². The zero-order chi connectivity index (χ0) is 19.8. The highest BCUT2D eigenvalue weighted by Gasteiger charge is 2.25. The van der Waals surface area contributed by atoms with Gasteiger partial charge in [-0.05, 0) is 54.2 Å². The first-order valence-electron chi connectivity index (χ1n) is 9.15. The average molecular weight is 391 g/mol. The summed E-state index contributed by atoms with van der Waals surface area (Å²) < 4.78 is 12.7. The van der Waals surface area contributed by atoms with Crippen molar-refractivity contribution >= 4 is 17.7 Å². The lowest BCUT2D eigenvalue weighted by atomic mass is 9.95. The van der Waals surface area contributed by atoms with Crippen LogP contribution in [0.4, 0.5) is 0 Å². The Hall–Kier alpha value is -2.08. The molecule has 6 heteroatoms. The van der Waals surface area contributed by atoms with E-state index in [1.54, 1.807) is 26.0 Å². The van der Waals surface area contributed by atoms with Crippen molar-refractivity contribution < 1.29 is 14.3 Å². The van der Waals surface area contributed by atoms with Crippen molar-refractivity contribution in [1.82, 2.24) is 9.88 Å². The van der Waals surface area contributed by atoms with Crippen LogP contribution in [0, 0.1) is 5.92 Å². The van der Waals surface area contributed by atoms with E-state index in [-0.39, 0.29) is 23.9 Å². The van der Waals surface area contributed by atoms with Gasteiger partial charge in [-0.3, -0.25) is 4.79 Å². The van der Waals surface area contributed by atoms with Crippen LogP contribution in [0.3, 0.4) is 0 Å². The molecule has 27 heavy (non-hydrogen) atoms. The second-order valence-corrected chi connectivity index (χ2v) is 7.76. The fourth-order valence-corrected chi connectivity index (χ4v) is 3.59. The van der Waals surface area contributed by atoms with Gasteiger partial charge < -0.3 is 19.4 Å². The third-order valence-electron chi connectivity index (χ3n) is 4.62. The predicted molar refractivity (Wildman–Crippen MR) is 112 cm³/mol. The van der Waals surface area contributed by atoms with Gasteiger partial charge in [0, 0.05) is 12.4 Å². The molecular formula is C21H30N2O3S. The number of nitrogens with one attached hydrogen (secondary N) is 1. The van der Waals surface area contributed by atoms with Gasteiger partial charge in [0.05, 0.1) is 20.3 Å². The van der Waals surface area contributed by atoms with E-state index in [4.69, 9.17) is 9.47 Å². The van der Waals surface area contributed by atoms with Crippen LogP contribution in [0.15, 0.2) is 42.7 Å². The molecule has 2 rings (SSSR count).